The number of rotatable bonds is 3. The van der Waals surface area contributed by atoms with E-state index < -0.39 is 4.92 Å². The highest BCUT2D eigenvalue weighted by molar-refractivity contribution is 5.64. The number of nitrogen functional groups attached to an aromatic ring is 1. The van der Waals surface area contributed by atoms with Crippen LogP contribution < -0.4 is 11.3 Å². The number of nitrogens with zero attached hydrogens (tertiary/aromatic N) is 2. The minimum atomic E-state index is -0.427. The number of hydrogen-bond acceptors (Lipinski definition) is 5. The van der Waals surface area contributed by atoms with Gasteiger partial charge in [-0.3, -0.25) is 10.1 Å². The van der Waals surface area contributed by atoms with Crippen LogP contribution in [0, 0.1) is 10.1 Å². The van der Waals surface area contributed by atoms with Gasteiger partial charge in [-0.05, 0) is 29.8 Å². The smallest absolute Gasteiger partial charge is 0.269 e. The Labute approximate surface area is 97.2 Å². The van der Waals surface area contributed by atoms with Crippen molar-refractivity contribution in [2.24, 2.45) is 5.84 Å². The Morgan fingerprint density at radius 1 is 1.12 bits per heavy atom. The fourth-order valence-electron chi connectivity index (χ4n) is 1.43. The Kier molecular flexibility index (Phi) is 2.97. The van der Waals surface area contributed by atoms with Crippen molar-refractivity contribution < 1.29 is 4.92 Å². The molecule has 2 rings (SSSR count). The zero-order valence-corrected chi connectivity index (χ0v) is 8.83. The molecule has 6 nitrogen and oxygen atoms in total. The summed E-state index contributed by atoms with van der Waals surface area (Å²) in [5.74, 6) is 5.77. The van der Waals surface area contributed by atoms with Gasteiger partial charge in [0.25, 0.3) is 5.69 Å². The summed E-state index contributed by atoms with van der Waals surface area (Å²) in [6.07, 6.45) is 1.65. The van der Waals surface area contributed by atoms with Crippen LogP contribution in [0.5, 0.6) is 0 Å². The maximum absolute atomic E-state index is 10.5. The van der Waals surface area contributed by atoms with Gasteiger partial charge < -0.3 is 5.43 Å². The van der Waals surface area contributed by atoms with Gasteiger partial charge in [0, 0.05) is 23.9 Å². The van der Waals surface area contributed by atoms with E-state index in [0.717, 1.165) is 11.1 Å². The molecule has 0 saturated heterocycles. The molecule has 1 heterocycles. The topological polar surface area (TPSA) is 94.1 Å². The molecule has 3 N–H and O–H groups in total. The number of non-ortho nitro benzene ring substituents is 1. The van der Waals surface area contributed by atoms with Crippen molar-refractivity contribution in [2.45, 2.75) is 0 Å². The van der Waals surface area contributed by atoms with Crippen molar-refractivity contribution in [3.8, 4) is 11.1 Å². The number of pyridine rings is 1. The second kappa shape index (κ2) is 4.58. The van der Waals surface area contributed by atoms with Gasteiger partial charge in [-0.15, -0.1) is 0 Å². The lowest BCUT2D eigenvalue weighted by atomic mass is 10.1. The SMILES string of the molecule is NNc1ccc(-c2ccc([N+](=O)[O-])cc2)cn1. The molecule has 0 atom stereocenters. The molecule has 6 heteroatoms. The van der Waals surface area contributed by atoms with Gasteiger partial charge in [0.05, 0.1) is 4.92 Å². The average molecular weight is 230 g/mol. The van der Waals surface area contributed by atoms with Crippen LogP contribution in [0.2, 0.25) is 0 Å². The second-order valence-corrected chi connectivity index (χ2v) is 3.38. The molecule has 0 spiro atoms. The third-order valence-corrected chi connectivity index (χ3v) is 2.32. The van der Waals surface area contributed by atoms with Crippen LogP contribution in [0.1, 0.15) is 0 Å². The molecule has 17 heavy (non-hydrogen) atoms. The van der Waals surface area contributed by atoms with E-state index in [0.29, 0.717) is 5.82 Å². The number of nitro benzene ring substituents is 1. The van der Waals surface area contributed by atoms with E-state index in [-0.39, 0.29) is 5.69 Å². The first-order valence-corrected chi connectivity index (χ1v) is 4.88. The zero-order valence-electron chi connectivity index (χ0n) is 8.83. The van der Waals surface area contributed by atoms with Crippen LogP contribution in [0.3, 0.4) is 0 Å². The Balaban J connectivity index is 2.29. The number of nitro groups is 1. The van der Waals surface area contributed by atoms with E-state index >= 15 is 0 Å². The summed E-state index contributed by atoms with van der Waals surface area (Å²) in [5, 5.41) is 10.5. The highest BCUT2D eigenvalue weighted by atomic mass is 16.6. The van der Waals surface area contributed by atoms with Crippen molar-refractivity contribution in [3.05, 3.63) is 52.7 Å². The summed E-state index contributed by atoms with van der Waals surface area (Å²) >= 11 is 0. The Bertz CT molecular complexity index is 522. The zero-order chi connectivity index (χ0) is 12.3. The van der Waals surface area contributed by atoms with E-state index in [2.05, 4.69) is 10.4 Å². The molecule has 0 saturated carbocycles. The summed E-state index contributed by atoms with van der Waals surface area (Å²) in [5.41, 5.74) is 4.24. The molecule has 0 aliphatic rings. The average Bonchev–Trinajstić information content (AvgIpc) is 2.39. The van der Waals surface area contributed by atoms with E-state index in [9.17, 15) is 10.1 Å². The molecular weight excluding hydrogens is 220 g/mol. The minimum absolute atomic E-state index is 0.0713. The van der Waals surface area contributed by atoms with E-state index in [1.165, 1.54) is 12.1 Å². The molecule has 0 aliphatic heterocycles. The fraction of sp³-hybridized carbons (Fsp3) is 0. The largest absolute Gasteiger partial charge is 0.308 e. The van der Waals surface area contributed by atoms with Gasteiger partial charge in [-0.2, -0.15) is 0 Å². The molecule has 1 aromatic carbocycles. The first-order chi connectivity index (χ1) is 8.20. The van der Waals surface area contributed by atoms with Crippen molar-refractivity contribution in [1.29, 1.82) is 0 Å². The highest BCUT2D eigenvalue weighted by Gasteiger charge is 2.05. The summed E-state index contributed by atoms with van der Waals surface area (Å²) in [6, 6.07) is 9.87. The first kappa shape index (κ1) is 11.0. The Morgan fingerprint density at radius 2 is 1.76 bits per heavy atom. The maximum atomic E-state index is 10.5. The van der Waals surface area contributed by atoms with Gasteiger partial charge in [-0.1, -0.05) is 0 Å². The van der Waals surface area contributed by atoms with Crippen LogP contribution in [0.4, 0.5) is 11.5 Å². The Morgan fingerprint density at radius 3 is 2.24 bits per heavy atom. The van der Waals surface area contributed by atoms with Crippen LogP contribution in [0.25, 0.3) is 11.1 Å². The number of benzene rings is 1. The molecular formula is C11H10N4O2. The minimum Gasteiger partial charge on any atom is -0.308 e. The van der Waals surface area contributed by atoms with Crippen LogP contribution >= 0.6 is 0 Å². The predicted molar refractivity (Wildman–Crippen MR) is 64.1 cm³/mol. The third kappa shape index (κ3) is 2.37. The fourth-order valence-corrected chi connectivity index (χ4v) is 1.43. The van der Waals surface area contributed by atoms with Crippen LogP contribution in [0.15, 0.2) is 42.6 Å². The summed E-state index contributed by atoms with van der Waals surface area (Å²) in [7, 11) is 0. The lowest BCUT2D eigenvalue weighted by Crippen LogP contribution is -2.07. The quantitative estimate of drug-likeness (QED) is 0.477. The summed E-state index contributed by atoms with van der Waals surface area (Å²) < 4.78 is 0. The molecule has 0 unspecified atom stereocenters. The van der Waals surface area contributed by atoms with Crippen LogP contribution in [-0.2, 0) is 0 Å². The standard InChI is InChI=1S/C11H10N4O2/c12-14-11-6-3-9(7-13-11)8-1-4-10(5-2-8)15(16)17/h1-7H,12H2,(H,13,14). The summed E-state index contributed by atoms with van der Waals surface area (Å²) in [4.78, 5) is 14.1. The molecule has 0 aliphatic carbocycles. The lowest BCUT2D eigenvalue weighted by molar-refractivity contribution is -0.384. The third-order valence-electron chi connectivity index (χ3n) is 2.32. The normalized spacial score (nSPS) is 9.94. The Hall–Kier alpha value is -2.47. The number of nitrogens with one attached hydrogen (secondary N) is 1. The molecule has 0 fully saturated rings. The van der Waals surface area contributed by atoms with Crippen molar-refractivity contribution in [3.63, 3.8) is 0 Å². The van der Waals surface area contributed by atoms with E-state index in [4.69, 9.17) is 5.84 Å². The van der Waals surface area contributed by atoms with Gasteiger partial charge in [-0.25, -0.2) is 10.8 Å². The predicted octanol–water partition coefficient (Wildman–Crippen LogP) is 1.94. The van der Waals surface area contributed by atoms with Gasteiger partial charge >= 0.3 is 0 Å². The van der Waals surface area contributed by atoms with Crippen LogP contribution in [-0.4, -0.2) is 9.91 Å². The monoisotopic (exact) mass is 230 g/mol. The van der Waals surface area contributed by atoms with Gasteiger partial charge in [0.15, 0.2) is 0 Å². The number of hydrazine groups is 1. The van der Waals surface area contributed by atoms with Gasteiger partial charge in [0.1, 0.15) is 5.82 Å². The second-order valence-electron chi connectivity index (χ2n) is 3.38. The first-order valence-electron chi connectivity index (χ1n) is 4.88. The van der Waals surface area contributed by atoms with Gasteiger partial charge in [0.2, 0.25) is 0 Å². The maximum Gasteiger partial charge on any atom is 0.269 e. The molecule has 0 bridgehead atoms. The number of nitrogens with two attached hydrogens (primary N) is 1. The van der Waals surface area contributed by atoms with Crippen molar-refractivity contribution in [2.75, 3.05) is 5.43 Å². The molecule has 86 valence electrons. The molecule has 1 aromatic heterocycles. The molecule has 2 aromatic rings. The molecule has 0 amide bonds. The highest BCUT2D eigenvalue weighted by Crippen LogP contribution is 2.22. The van der Waals surface area contributed by atoms with E-state index in [1.807, 2.05) is 6.07 Å². The van der Waals surface area contributed by atoms with E-state index in [1.54, 1.807) is 24.4 Å². The molecule has 0 radical (unpaired) electrons. The lowest BCUT2D eigenvalue weighted by Gasteiger charge is -2.02. The van der Waals surface area contributed by atoms with Crippen molar-refractivity contribution in [1.82, 2.24) is 4.98 Å². The number of anilines is 1. The summed E-state index contributed by atoms with van der Waals surface area (Å²) in [6.45, 7) is 0. The number of hydrogen-bond donors (Lipinski definition) is 2. The number of aromatic nitrogens is 1. The van der Waals surface area contributed by atoms with Crippen molar-refractivity contribution >= 4 is 11.5 Å².